The fraction of sp³-hybridized carbons (Fsp3) is 0.188. The zero-order chi connectivity index (χ0) is 16.0. The van der Waals surface area contributed by atoms with Crippen LogP contribution in [-0.2, 0) is 14.6 Å². The maximum Gasteiger partial charge on any atom is 0.259 e. The van der Waals surface area contributed by atoms with Crippen LogP contribution in [0.4, 0.5) is 5.69 Å². The van der Waals surface area contributed by atoms with Gasteiger partial charge in [-0.1, -0.05) is 12.1 Å². The van der Waals surface area contributed by atoms with Gasteiger partial charge in [-0.2, -0.15) is 0 Å². The van der Waals surface area contributed by atoms with Crippen LogP contribution in [-0.4, -0.2) is 32.8 Å². The van der Waals surface area contributed by atoms with Gasteiger partial charge in [0.15, 0.2) is 15.6 Å². The molecule has 2 aliphatic rings. The molecule has 0 aliphatic carbocycles. The minimum Gasteiger partial charge on any atom is -0.454 e. The van der Waals surface area contributed by atoms with Crippen LogP contribution in [0.25, 0.3) is 0 Å². The van der Waals surface area contributed by atoms with Gasteiger partial charge in [-0.3, -0.25) is 4.79 Å². The van der Waals surface area contributed by atoms with Gasteiger partial charge in [0.05, 0.1) is 34.6 Å². The summed E-state index contributed by atoms with van der Waals surface area (Å²) in [6.45, 7) is 0.476. The molecule has 1 fully saturated rings. The van der Waals surface area contributed by atoms with Crippen LogP contribution in [0.2, 0.25) is 0 Å². The van der Waals surface area contributed by atoms with Crippen LogP contribution in [0, 0.1) is 0 Å². The first kappa shape index (κ1) is 14.2. The molecular formula is C16H13NO5S. The zero-order valence-corrected chi connectivity index (χ0v) is 12.8. The first-order valence-electron chi connectivity index (χ1n) is 7.09. The summed E-state index contributed by atoms with van der Waals surface area (Å²) < 4.78 is 35.4. The van der Waals surface area contributed by atoms with Gasteiger partial charge in [0, 0.05) is 6.07 Å². The van der Waals surface area contributed by atoms with Crippen LogP contribution in [0.1, 0.15) is 10.4 Å². The van der Waals surface area contributed by atoms with Gasteiger partial charge >= 0.3 is 0 Å². The number of anilines is 1. The molecule has 0 spiro atoms. The summed E-state index contributed by atoms with van der Waals surface area (Å²) in [5, 5.41) is 2.73. The molecule has 118 valence electrons. The van der Waals surface area contributed by atoms with Gasteiger partial charge < -0.3 is 14.8 Å². The minimum atomic E-state index is -3.45. The maximum absolute atomic E-state index is 12.3. The number of sulfone groups is 1. The maximum atomic E-state index is 12.3. The van der Waals surface area contributed by atoms with Crippen molar-refractivity contribution in [1.82, 2.24) is 0 Å². The van der Waals surface area contributed by atoms with Gasteiger partial charge in [-0.05, 0) is 24.3 Å². The first-order valence-corrected chi connectivity index (χ1v) is 8.75. The van der Waals surface area contributed by atoms with E-state index in [9.17, 15) is 13.2 Å². The van der Waals surface area contributed by atoms with Crippen molar-refractivity contribution < 1.29 is 22.7 Å². The quantitative estimate of drug-likeness (QED) is 0.872. The Morgan fingerprint density at radius 2 is 1.91 bits per heavy atom. The van der Waals surface area contributed by atoms with E-state index in [2.05, 4.69) is 5.32 Å². The highest BCUT2D eigenvalue weighted by Crippen LogP contribution is 2.37. The number of epoxide rings is 1. The molecule has 1 saturated heterocycles. The normalized spacial score (nSPS) is 19.0. The third-order valence-corrected chi connectivity index (χ3v) is 5.50. The highest BCUT2D eigenvalue weighted by molar-refractivity contribution is 7.91. The number of rotatable bonds is 3. The molecule has 23 heavy (non-hydrogen) atoms. The number of amides is 1. The Kier molecular flexibility index (Phi) is 3.14. The van der Waals surface area contributed by atoms with E-state index in [1.807, 2.05) is 0 Å². The molecule has 2 aromatic carbocycles. The summed E-state index contributed by atoms with van der Waals surface area (Å²) in [6, 6.07) is 11.3. The van der Waals surface area contributed by atoms with Gasteiger partial charge in [0.1, 0.15) is 5.75 Å². The summed E-state index contributed by atoms with van der Waals surface area (Å²) >= 11 is 0. The van der Waals surface area contributed by atoms with Crippen molar-refractivity contribution in [2.45, 2.75) is 11.0 Å². The second kappa shape index (κ2) is 5.07. The van der Waals surface area contributed by atoms with Crippen LogP contribution < -0.4 is 10.1 Å². The van der Waals surface area contributed by atoms with Crippen LogP contribution in [0.3, 0.4) is 0 Å². The van der Waals surface area contributed by atoms with Crippen molar-refractivity contribution in [3.05, 3.63) is 48.0 Å². The summed E-state index contributed by atoms with van der Waals surface area (Å²) in [6.07, 6.45) is -0.222. The van der Waals surface area contributed by atoms with Gasteiger partial charge in [0.2, 0.25) is 0 Å². The van der Waals surface area contributed by atoms with Crippen molar-refractivity contribution in [2.75, 3.05) is 17.7 Å². The highest BCUT2D eigenvalue weighted by atomic mass is 32.2. The fourth-order valence-corrected chi connectivity index (χ4v) is 3.88. The molecular weight excluding hydrogens is 318 g/mol. The third kappa shape index (κ3) is 2.69. The first-order chi connectivity index (χ1) is 11.0. The molecule has 6 nitrogen and oxygen atoms in total. The molecule has 0 bridgehead atoms. The second-order valence-corrected chi connectivity index (χ2v) is 7.48. The molecule has 1 N–H and O–H groups in total. The number of para-hydroxylation sites is 1. The molecule has 1 unspecified atom stereocenters. The van der Waals surface area contributed by atoms with Crippen molar-refractivity contribution in [3.8, 4) is 11.5 Å². The van der Waals surface area contributed by atoms with E-state index in [0.29, 0.717) is 29.4 Å². The summed E-state index contributed by atoms with van der Waals surface area (Å²) in [5.74, 6) is 0.362. The Labute approximate surface area is 133 Å². The second-order valence-electron chi connectivity index (χ2n) is 5.45. The monoisotopic (exact) mass is 331 g/mol. The fourth-order valence-electron chi connectivity index (χ4n) is 2.44. The van der Waals surface area contributed by atoms with Crippen molar-refractivity contribution >= 4 is 21.4 Å². The Morgan fingerprint density at radius 1 is 1.13 bits per heavy atom. The number of carbonyl (C=O) groups excluding carboxylic acids is 1. The van der Waals surface area contributed by atoms with Gasteiger partial charge in [0.25, 0.3) is 5.91 Å². The number of carbonyl (C=O) groups is 1. The Hall–Kier alpha value is -2.38. The Morgan fingerprint density at radius 3 is 2.70 bits per heavy atom. The van der Waals surface area contributed by atoms with Gasteiger partial charge in [-0.15, -0.1) is 0 Å². The standard InChI is InChI=1S/C16H13NO5S/c18-16-12-3-1-2-4-14(12)22-15-7-11(5-6-13(15)17-16)23(19,20)9-10-8-21-10/h1-7,10H,8-9H2,(H,17,18). The Balaban J connectivity index is 1.75. The highest BCUT2D eigenvalue weighted by Gasteiger charge is 2.31. The van der Waals surface area contributed by atoms with E-state index in [0.717, 1.165) is 0 Å². The van der Waals surface area contributed by atoms with E-state index in [-0.39, 0.29) is 22.7 Å². The molecule has 2 aromatic rings. The lowest BCUT2D eigenvalue weighted by Gasteiger charge is -2.10. The molecule has 0 radical (unpaired) electrons. The molecule has 1 amide bonds. The van der Waals surface area contributed by atoms with Crippen molar-refractivity contribution in [2.24, 2.45) is 0 Å². The predicted octanol–water partition coefficient (Wildman–Crippen LogP) is 2.22. The zero-order valence-electron chi connectivity index (χ0n) is 12.0. The molecule has 2 heterocycles. The summed E-state index contributed by atoms with van der Waals surface area (Å²) in [5.41, 5.74) is 0.840. The predicted molar refractivity (Wildman–Crippen MR) is 82.7 cm³/mol. The molecule has 0 saturated carbocycles. The number of hydrogen-bond acceptors (Lipinski definition) is 5. The number of hydrogen-bond donors (Lipinski definition) is 1. The van der Waals surface area contributed by atoms with E-state index in [1.54, 1.807) is 30.3 Å². The number of fused-ring (bicyclic) bond motifs is 2. The lowest BCUT2D eigenvalue weighted by atomic mass is 10.2. The summed E-state index contributed by atoms with van der Waals surface area (Å²) in [7, 11) is -3.45. The molecule has 2 aliphatic heterocycles. The van der Waals surface area contributed by atoms with Crippen LogP contribution >= 0.6 is 0 Å². The van der Waals surface area contributed by atoms with Crippen molar-refractivity contribution in [3.63, 3.8) is 0 Å². The number of nitrogens with one attached hydrogen (secondary N) is 1. The minimum absolute atomic E-state index is 0.0469. The molecule has 4 rings (SSSR count). The van der Waals surface area contributed by atoms with E-state index in [4.69, 9.17) is 9.47 Å². The number of ether oxygens (including phenoxy) is 2. The smallest absolute Gasteiger partial charge is 0.259 e. The van der Waals surface area contributed by atoms with Gasteiger partial charge in [-0.25, -0.2) is 8.42 Å². The SMILES string of the molecule is O=C1Nc2ccc(S(=O)(=O)CC3CO3)cc2Oc2ccccc21. The van der Waals surface area contributed by atoms with E-state index in [1.165, 1.54) is 12.1 Å². The molecule has 0 aromatic heterocycles. The molecule has 7 heteroatoms. The van der Waals surface area contributed by atoms with Crippen LogP contribution in [0.5, 0.6) is 11.5 Å². The summed E-state index contributed by atoms with van der Waals surface area (Å²) in [4.78, 5) is 12.3. The van der Waals surface area contributed by atoms with E-state index < -0.39 is 9.84 Å². The third-order valence-electron chi connectivity index (χ3n) is 3.72. The topological polar surface area (TPSA) is 85.0 Å². The van der Waals surface area contributed by atoms with Crippen molar-refractivity contribution in [1.29, 1.82) is 0 Å². The average molecular weight is 331 g/mol. The molecule has 1 atom stereocenters. The van der Waals surface area contributed by atoms with Crippen LogP contribution in [0.15, 0.2) is 47.4 Å². The lowest BCUT2D eigenvalue weighted by Crippen LogP contribution is -2.12. The Bertz CT molecular complexity index is 902. The van der Waals surface area contributed by atoms with E-state index >= 15 is 0 Å². The lowest BCUT2D eigenvalue weighted by molar-refractivity contribution is 0.102. The number of benzene rings is 2. The largest absolute Gasteiger partial charge is 0.454 e. The average Bonchev–Trinajstić information content (AvgIpc) is 3.33.